The van der Waals surface area contributed by atoms with Gasteiger partial charge < -0.3 is 0 Å². The summed E-state index contributed by atoms with van der Waals surface area (Å²) >= 11 is 1.86. The molecule has 0 aliphatic heterocycles. The van der Waals surface area contributed by atoms with Crippen LogP contribution in [0.5, 0.6) is 0 Å². The smallest absolute Gasteiger partial charge is 0.160 e. The molecule has 11 aromatic rings. The molecule has 0 bridgehead atoms. The van der Waals surface area contributed by atoms with Gasteiger partial charge in [0.05, 0.1) is 22.6 Å². The van der Waals surface area contributed by atoms with Crippen molar-refractivity contribution < 1.29 is 0 Å². The van der Waals surface area contributed by atoms with E-state index in [2.05, 4.69) is 176 Å². The van der Waals surface area contributed by atoms with Gasteiger partial charge in [0.2, 0.25) is 0 Å². The number of hydrogen-bond donors (Lipinski definition) is 0. The molecule has 0 N–H and O–H groups in total. The number of nitrogens with zero attached hydrogens (tertiary/aromatic N) is 3. The highest BCUT2D eigenvalue weighted by atomic mass is 32.1. The third-order valence-corrected chi connectivity index (χ3v) is 12.1. The van der Waals surface area contributed by atoms with E-state index < -0.39 is 0 Å². The van der Waals surface area contributed by atoms with Crippen LogP contribution in [0.4, 0.5) is 0 Å². The zero-order valence-electron chi connectivity index (χ0n) is 30.8. The quantitative estimate of drug-likeness (QED) is 0.159. The molecule has 0 radical (unpaired) electrons. The molecule has 3 aromatic heterocycles. The first-order valence-corrected chi connectivity index (χ1v) is 20.0. The van der Waals surface area contributed by atoms with E-state index in [9.17, 15) is 0 Å². The van der Waals surface area contributed by atoms with E-state index in [0.717, 1.165) is 61.5 Å². The number of thiophene rings is 1. The molecular weight excluding hydrogens is 711 g/mol. The molecule has 4 heteroatoms. The van der Waals surface area contributed by atoms with Gasteiger partial charge in [-0.05, 0) is 57.3 Å². The van der Waals surface area contributed by atoms with Crippen LogP contribution >= 0.6 is 11.3 Å². The lowest BCUT2D eigenvalue weighted by Crippen LogP contribution is -1.96. The van der Waals surface area contributed by atoms with E-state index in [1.54, 1.807) is 0 Å². The summed E-state index contributed by atoms with van der Waals surface area (Å²) in [5, 5.41) is 6.19. The third kappa shape index (κ3) is 5.95. The summed E-state index contributed by atoms with van der Waals surface area (Å²) in [7, 11) is 0. The predicted octanol–water partition coefficient (Wildman–Crippen LogP) is 14.5. The topological polar surface area (TPSA) is 38.7 Å². The molecule has 0 fully saturated rings. The van der Waals surface area contributed by atoms with Gasteiger partial charge in [0, 0.05) is 47.8 Å². The first-order valence-electron chi connectivity index (χ1n) is 19.2. The maximum atomic E-state index is 5.37. The van der Waals surface area contributed by atoms with Crippen LogP contribution in [0, 0.1) is 0 Å². The lowest BCUT2D eigenvalue weighted by atomic mass is 9.97. The Morgan fingerprint density at radius 1 is 0.333 bits per heavy atom. The Labute approximate surface area is 334 Å². The molecule has 0 saturated heterocycles. The van der Waals surface area contributed by atoms with Crippen LogP contribution in [0.1, 0.15) is 0 Å². The van der Waals surface area contributed by atoms with Crippen LogP contribution in [-0.2, 0) is 0 Å². The Bertz CT molecular complexity index is 3260. The number of pyridine rings is 1. The van der Waals surface area contributed by atoms with Crippen molar-refractivity contribution in [2.24, 2.45) is 0 Å². The van der Waals surface area contributed by atoms with Crippen molar-refractivity contribution in [3.63, 3.8) is 0 Å². The standard InChI is InChI=1S/C53H33N3S/c1-3-12-34(13-4-1)41-17-11-18-42(32-41)47-33-46(55-53(56-47)40-15-5-2-6-16-40)38-26-22-35(23-27-38)36-24-28-39(29-25-36)51-50-44-20-9-10-21-48(44)57-52(50)49-43-19-8-7-14-37(43)30-31-45(49)54-51/h1-33H. The summed E-state index contributed by atoms with van der Waals surface area (Å²) in [6, 6.07) is 70.7. The maximum Gasteiger partial charge on any atom is 0.160 e. The molecule has 57 heavy (non-hydrogen) atoms. The molecule has 0 atom stereocenters. The summed E-state index contributed by atoms with van der Waals surface area (Å²) in [6.07, 6.45) is 0. The van der Waals surface area contributed by atoms with Gasteiger partial charge in [-0.25, -0.2) is 15.0 Å². The van der Waals surface area contributed by atoms with E-state index in [4.69, 9.17) is 15.0 Å². The van der Waals surface area contributed by atoms with Crippen LogP contribution in [0.3, 0.4) is 0 Å². The fourth-order valence-corrected chi connectivity index (χ4v) is 9.31. The molecule has 0 amide bonds. The van der Waals surface area contributed by atoms with Gasteiger partial charge in [-0.3, -0.25) is 0 Å². The summed E-state index contributed by atoms with van der Waals surface area (Å²) in [5.41, 5.74) is 12.6. The minimum absolute atomic E-state index is 0.705. The molecule has 11 rings (SSSR count). The molecule has 0 saturated carbocycles. The largest absolute Gasteiger partial charge is 0.247 e. The first kappa shape index (κ1) is 33.1. The van der Waals surface area contributed by atoms with Gasteiger partial charge in [-0.1, -0.05) is 176 Å². The van der Waals surface area contributed by atoms with Gasteiger partial charge in [0.15, 0.2) is 5.82 Å². The monoisotopic (exact) mass is 743 g/mol. The zero-order chi connectivity index (χ0) is 37.7. The average Bonchev–Trinajstić information content (AvgIpc) is 3.69. The number of hydrogen-bond acceptors (Lipinski definition) is 4. The second-order valence-corrected chi connectivity index (χ2v) is 15.4. The van der Waals surface area contributed by atoms with Crippen molar-refractivity contribution in [2.45, 2.75) is 0 Å². The SMILES string of the molecule is c1ccc(-c2cccc(-c3cc(-c4ccc(-c5ccc(-c6nc7ccc8ccccc8c7c7sc8ccccc8c67)cc5)cc4)nc(-c4ccccc4)n3)c2)cc1. The molecular formula is C53H33N3S. The van der Waals surface area contributed by atoms with Crippen molar-refractivity contribution in [1.82, 2.24) is 15.0 Å². The zero-order valence-corrected chi connectivity index (χ0v) is 31.6. The van der Waals surface area contributed by atoms with Crippen molar-refractivity contribution in [3.05, 3.63) is 200 Å². The molecule has 0 aliphatic carbocycles. The summed E-state index contributed by atoms with van der Waals surface area (Å²) in [6.45, 7) is 0. The van der Waals surface area contributed by atoms with Crippen molar-refractivity contribution in [3.8, 4) is 67.4 Å². The summed E-state index contributed by atoms with van der Waals surface area (Å²) < 4.78 is 2.57. The van der Waals surface area contributed by atoms with Crippen molar-refractivity contribution in [1.29, 1.82) is 0 Å². The fraction of sp³-hybridized carbons (Fsp3) is 0. The van der Waals surface area contributed by atoms with Gasteiger partial charge in [-0.15, -0.1) is 11.3 Å². The number of benzene rings is 8. The molecule has 3 heterocycles. The Hall–Kier alpha value is -7.27. The second kappa shape index (κ2) is 13.8. The highest BCUT2D eigenvalue weighted by Crippen LogP contribution is 2.45. The van der Waals surface area contributed by atoms with E-state index in [0.29, 0.717) is 5.82 Å². The van der Waals surface area contributed by atoms with Crippen LogP contribution in [0.25, 0.3) is 109 Å². The van der Waals surface area contributed by atoms with Crippen LogP contribution < -0.4 is 0 Å². The lowest BCUT2D eigenvalue weighted by molar-refractivity contribution is 1.18. The van der Waals surface area contributed by atoms with E-state index in [1.165, 1.54) is 41.9 Å². The minimum Gasteiger partial charge on any atom is -0.247 e. The molecule has 0 spiro atoms. The highest BCUT2D eigenvalue weighted by molar-refractivity contribution is 7.27. The minimum atomic E-state index is 0.705. The van der Waals surface area contributed by atoms with E-state index >= 15 is 0 Å². The summed E-state index contributed by atoms with van der Waals surface area (Å²) in [4.78, 5) is 15.5. The number of aromatic nitrogens is 3. The fourth-order valence-electron chi connectivity index (χ4n) is 8.04. The van der Waals surface area contributed by atoms with Gasteiger partial charge in [0.25, 0.3) is 0 Å². The third-order valence-electron chi connectivity index (χ3n) is 10.9. The van der Waals surface area contributed by atoms with Crippen LogP contribution in [-0.4, -0.2) is 15.0 Å². The first-order chi connectivity index (χ1) is 28.2. The van der Waals surface area contributed by atoms with Crippen molar-refractivity contribution in [2.75, 3.05) is 0 Å². The highest BCUT2D eigenvalue weighted by Gasteiger charge is 2.18. The number of rotatable bonds is 6. The van der Waals surface area contributed by atoms with Gasteiger partial charge in [-0.2, -0.15) is 0 Å². The van der Waals surface area contributed by atoms with E-state index in [-0.39, 0.29) is 0 Å². The second-order valence-electron chi connectivity index (χ2n) is 14.4. The lowest BCUT2D eigenvalue weighted by Gasteiger charge is -2.12. The number of fused-ring (bicyclic) bond motifs is 7. The van der Waals surface area contributed by atoms with E-state index in [1.807, 2.05) is 35.6 Å². The van der Waals surface area contributed by atoms with Gasteiger partial charge in [0.1, 0.15) is 0 Å². The van der Waals surface area contributed by atoms with Crippen LogP contribution in [0.15, 0.2) is 200 Å². The Morgan fingerprint density at radius 2 is 0.895 bits per heavy atom. The molecule has 0 aliphatic rings. The summed E-state index contributed by atoms with van der Waals surface area (Å²) in [5.74, 6) is 0.705. The Kier molecular flexibility index (Phi) is 8.01. The normalized spacial score (nSPS) is 11.5. The molecule has 8 aromatic carbocycles. The van der Waals surface area contributed by atoms with Crippen LogP contribution in [0.2, 0.25) is 0 Å². The average molecular weight is 744 g/mol. The van der Waals surface area contributed by atoms with Crippen molar-refractivity contribution >= 4 is 53.2 Å². The molecule has 3 nitrogen and oxygen atoms in total. The predicted molar refractivity (Wildman–Crippen MR) is 240 cm³/mol. The molecule has 0 unspecified atom stereocenters. The Morgan fingerprint density at radius 3 is 1.65 bits per heavy atom. The maximum absolute atomic E-state index is 5.37. The van der Waals surface area contributed by atoms with Gasteiger partial charge >= 0.3 is 0 Å². The molecule has 266 valence electrons. The Balaban J connectivity index is 0.963.